The van der Waals surface area contributed by atoms with E-state index in [1.807, 2.05) is 11.8 Å². The van der Waals surface area contributed by atoms with E-state index < -0.39 is 18.2 Å². The normalized spacial score (nSPS) is 9.59. The van der Waals surface area contributed by atoms with Gasteiger partial charge in [0.15, 0.2) is 0 Å². The molecule has 0 aromatic heterocycles. The minimum Gasteiger partial charge on any atom is -0.472 e. The third kappa shape index (κ3) is 21.7. The molecule has 0 aliphatic heterocycles. The van der Waals surface area contributed by atoms with Gasteiger partial charge in [-0.05, 0) is 12.3 Å². The van der Waals surface area contributed by atoms with E-state index in [1.54, 1.807) is 0 Å². The number of carboxylic acid groups (broad SMARTS) is 2. The van der Waals surface area contributed by atoms with E-state index in [9.17, 15) is 9.59 Å². The van der Waals surface area contributed by atoms with E-state index in [-0.39, 0.29) is 13.2 Å². The Morgan fingerprint density at radius 2 is 1.17 bits per heavy atom. The predicted molar refractivity (Wildman–Crippen MR) is 111 cm³/mol. The van der Waals surface area contributed by atoms with Crippen molar-refractivity contribution in [3.63, 3.8) is 0 Å². The van der Waals surface area contributed by atoms with Gasteiger partial charge in [-0.2, -0.15) is 0 Å². The molecule has 0 atom stereocenters. The number of hydrogen-bond acceptors (Lipinski definition) is 4. The zero-order chi connectivity index (χ0) is 21.6. The summed E-state index contributed by atoms with van der Waals surface area (Å²) in [6.07, 6.45) is 12.3. The summed E-state index contributed by atoms with van der Waals surface area (Å²) in [6.45, 7) is 1.91. The molecule has 0 unspecified atom stereocenters. The summed E-state index contributed by atoms with van der Waals surface area (Å²) in [5.41, 5.74) is 0. The van der Waals surface area contributed by atoms with Crippen LogP contribution in [0.25, 0.3) is 0 Å². The largest absolute Gasteiger partial charge is 0.472 e. The van der Waals surface area contributed by atoms with Crippen molar-refractivity contribution in [3.05, 3.63) is 0 Å². The Morgan fingerprint density at radius 3 is 1.62 bits per heavy atom. The Hall–Kier alpha value is -2.46. The van der Waals surface area contributed by atoms with Crippen LogP contribution in [0.5, 0.6) is 0 Å². The third-order valence-corrected chi connectivity index (χ3v) is 3.88. The van der Waals surface area contributed by atoms with Crippen LogP contribution in [-0.2, 0) is 19.1 Å². The summed E-state index contributed by atoms with van der Waals surface area (Å²) < 4.78 is 10.5. The molecule has 6 nitrogen and oxygen atoms in total. The van der Waals surface area contributed by atoms with Crippen molar-refractivity contribution in [2.45, 2.75) is 83.8 Å². The molecule has 0 rings (SSSR count). The van der Waals surface area contributed by atoms with Gasteiger partial charge >= 0.3 is 11.9 Å². The number of unbranched alkanes of at least 4 members (excludes halogenated alkanes) is 10. The molecular formula is C23H32O6. The maximum absolute atomic E-state index is 10.4. The smallest absolute Gasteiger partial charge is 0.381 e. The summed E-state index contributed by atoms with van der Waals surface area (Å²) in [5.74, 6) is 11.8. The molecule has 2 N–H and O–H groups in total. The number of aliphatic carboxylic acids is 2. The van der Waals surface area contributed by atoms with Crippen LogP contribution in [-0.4, -0.2) is 41.7 Å². The van der Waals surface area contributed by atoms with Gasteiger partial charge in [0.1, 0.15) is 13.2 Å². The fourth-order valence-electron chi connectivity index (χ4n) is 2.45. The minimum absolute atomic E-state index is 0.156. The lowest BCUT2D eigenvalue weighted by atomic mass is 10.1. The minimum atomic E-state index is -1.24. The van der Waals surface area contributed by atoms with Crippen molar-refractivity contribution >= 4 is 11.9 Å². The summed E-state index contributed by atoms with van der Waals surface area (Å²) in [5, 5.41) is 16.9. The molecule has 0 aromatic carbocycles. The molecule has 160 valence electrons. The second kappa shape index (κ2) is 20.3. The van der Waals surface area contributed by atoms with Crippen LogP contribution in [0.3, 0.4) is 0 Å². The van der Waals surface area contributed by atoms with Crippen molar-refractivity contribution < 1.29 is 29.3 Å². The second-order valence-electron chi connectivity index (χ2n) is 6.42. The lowest BCUT2D eigenvalue weighted by Gasteiger charge is -2.08. The average Bonchev–Trinajstić information content (AvgIpc) is 2.68. The van der Waals surface area contributed by atoms with Crippen LogP contribution < -0.4 is 0 Å². The van der Waals surface area contributed by atoms with Crippen molar-refractivity contribution in [3.8, 4) is 35.5 Å². The van der Waals surface area contributed by atoms with E-state index in [0.29, 0.717) is 6.42 Å². The van der Waals surface area contributed by atoms with E-state index >= 15 is 0 Å². The molecule has 29 heavy (non-hydrogen) atoms. The van der Waals surface area contributed by atoms with Crippen LogP contribution in [0.4, 0.5) is 0 Å². The molecule has 0 heterocycles. The third-order valence-electron chi connectivity index (χ3n) is 3.88. The highest BCUT2D eigenvalue weighted by Gasteiger charge is 2.03. The van der Waals surface area contributed by atoms with Gasteiger partial charge in [0, 0.05) is 18.3 Å². The molecular weight excluding hydrogens is 372 g/mol. The first-order valence-electron chi connectivity index (χ1n) is 10.2. The molecule has 0 saturated heterocycles. The first-order valence-corrected chi connectivity index (χ1v) is 10.2. The maximum Gasteiger partial charge on any atom is 0.381 e. The van der Waals surface area contributed by atoms with E-state index in [1.165, 1.54) is 51.4 Å². The van der Waals surface area contributed by atoms with Crippen LogP contribution >= 0.6 is 0 Å². The zero-order valence-corrected chi connectivity index (χ0v) is 17.3. The van der Waals surface area contributed by atoms with Gasteiger partial charge in [-0.25, -0.2) is 9.59 Å². The molecule has 0 fully saturated rings. The number of carbonyl (C=O) groups is 2. The Bertz CT molecular complexity index is 599. The predicted octanol–water partition coefficient (Wildman–Crippen LogP) is 3.84. The molecule has 0 amide bonds. The van der Waals surface area contributed by atoms with E-state index in [4.69, 9.17) is 19.7 Å². The van der Waals surface area contributed by atoms with E-state index in [0.717, 1.165) is 12.8 Å². The SMILES string of the molecule is CCCCCCCCCCCCC#CC(OCC#CC(=O)O)OCC#CC(=O)O. The lowest BCUT2D eigenvalue weighted by molar-refractivity contribution is -0.131. The Balaban J connectivity index is 4.06. The average molecular weight is 405 g/mol. The molecule has 0 saturated carbocycles. The molecule has 0 bridgehead atoms. The van der Waals surface area contributed by atoms with Crippen molar-refractivity contribution in [2.24, 2.45) is 0 Å². The fraction of sp³-hybridized carbons (Fsp3) is 0.652. The second-order valence-corrected chi connectivity index (χ2v) is 6.42. The highest BCUT2D eigenvalue weighted by atomic mass is 16.7. The van der Waals surface area contributed by atoms with Gasteiger partial charge in [-0.15, -0.1) is 0 Å². The van der Waals surface area contributed by atoms with Gasteiger partial charge in [0.05, 0.1) is 0 Å². The van der Waals surface area contributed by atoms with Crippen molar-refractivity contribution in [2.75, 3.05) is 13.2 Å². The topological polar surface area (TPSA) is 93.1 Å². The highest BCUT2D eigenvalue weighted by molar-refractivity contribution is 5.86. The van der Waals surface area contributed by atoms with Gasteiger partial charge in [-0.1, -0.05) is 82.5 Å². The monoisotopic (exact) mass is 404 g/mol. The van der Waals surface area contributed by atoms with Crippen molar-refractivity contribution in [1.82, 2.24) is 0 Å². The summed E-state index contributed by atoms with van der Waals surface area (Å²) in [4.78, 5) is 20.7. The first-order chi connectivity index (χ1) is 14.1. The van der Waals surface area contributed by atoms with Crippen molar-refractivity contribution in [1.29, 1.82) is 0 Å². The highest BCUT2D eigenvalue weighted by Crippen LogP contribution is 2.11. The molecule has 0 radical (unpaired) electrons. The Labute approximate surface area is 174 Å². The fourth-order valence-corrected chi connectivity index (χ4v) is 2.45. The number of ether oxygens (including phenoxy) is 2. The molecule has 6 heteroatoms. The summed E-state index contributed by atoms with van der Waals surface area (Å²) in [6, 6.07) is 0. The van der Waals surface area contributed by atoms with Gasteiger partial charge in [0.2, 0.25) is 6.29 Å². The summed E-state index contributed by atoms with van der Waals surface area (Å²) >= 11 is 0. The number of hydrogen-bond donors (Lipinski definition) is 2. The first kappa shape index (κ1) is 26.5. The van der Waals surface area contributed by atoms with Crippen LogP contribution in [0.2, 0.25) is 0 Å². The number of carboxylic acids is 2. The molecule has 0 aromatic rings. The molecule has 0 spiro atoms. The maximum atomic E-state index is 10.4. The Morgan fingerprint density at radius 1 is 0.724 bits per heavy atom. The van der Waals surface area contributed by atoms with Gasteiger partial charge in [0.25, 0.3) is 0 Å². The standard InChI is InChI=1S/C23H32O6/c1-2-3-4-5-6-7-8-9-10-11-12-13-18-23(28-19-14-16-21(24)25)29-20-15-17-22(26)27/h23H,2-12,19-20H2,1H3,(H,24,25)(H,26,27). The van der Waals surface area contributed by atoms with Gasteiger partial charge < -0.3 is 19.7 Å². The van der Waals surface area contributed by atoms with E-state index in [2.05, 4.69) is 30.6 Å². The molecule has 0 aliphatic rings. The lowest BCUT2D eigenvalue weighted by Crippen LogP contribution is -2.16. The van der Waals surface area contributed by atoms with Gasteiger partial charge in [-0.3, -0.25) is 0 Å². The van der Waals surface area contributed by atoms with Crippen LogP contribution in [0.1, 0.15) is 77.6 Å². The van der Waals surface area contributed by atoms with Crippen LogP contribution in [0, 0.1) is 35.5 Å². The van der Waals surface area contributed by atoms with Crippen LogP contribution in [0.15, 0.2) is 0 Å². The quantitative estimate of drug-likeness (QED) is 0.260. The number of rotatable bonds is 14. The summed E-state index contributed by atoms with van der Waals surface area (Å²) in [7, 11) is 0. The molecule has 0 aliphatic carbocycles. The zero-order valence-electron chi connectivity index (χ0n) is 17.3. The Kier molecular flexibility index (Phi) is 18.6.